The number of alkyl halides is 3. The van der Waals surface area contributed by atoms with Gasteiger partial charge in [0.15, 0.2) is 0 Å². The molecular weight excluding hydrogens is 313 g/mol. The minimum Gasteiger partial charge on any atom is -0.465 e. The molecule has 3 rings (SSSR count). The topological polar surface area (TPSA) is 62.6 Å². The maximum Gasteiger partial charge on any atom is 0.416 e. The molecule has 1 fully saturated rings. The predicted molar refractivity (Wildman–Crippen MR) is 73.8 cm³/mol. The summed E-state index contributed by atoms with van der Waals surface area (Å²) >= 11 is 0. The smallest absolute Gasteiger partial charge is 0.416 e. The fourth-order valence-electron chi connectivity index (χ4n) is 2.08. The fraction of sp³-hybridized carbons (Fsp3) is 0.0667. The van der Waals surface area contributed by atoms with Crippen molar-refractivity contribution in [3.63, 3.8) is 0 Å². The van der Waals surface area contributed by atoms with Crippen molar-refractivity contribution in [3.05, 3.63) is 59.6 Å². The summed E-state index contributed by atoms with van der Waals surface area (Å²) in [5, 5.41) is 0.770. The molecule has 1 saturated heterocycles. The van der Waals surface area contributed by atoms with E-state index in [1.165, 1.54) is 18.4 Å². The van der Waals surface area contributed by atoms with Crippen molar-refractivity contribution < 1.29 is 27.2 Å². The molecule has 118 valence electrons. The number of nitrogens with one attached hydrogen (secondary N) is 1. The van der Waals surface area contributed by atoms with Crippen LogP contribution in [0, 0.1) is 0 Å². The number of hydrazine groups is 1. The Morgan fingerprint density at radius 3 is 2.57 bits per heavy atom. The number of hydrogen-bond acceptors (Lipinski definition) is 3. The zero-order valence-electron chi connectivity index (χ0n) is 11.4. The summed E-state index contributed by atoms with van der Waals surface area (Å²) in [6, 6.07) is 7.24. The average Bonchev–Trinajstić information content (AvgIpc) is 3.10. The van der Waals surface area contributed by atoms with Gasteiger partial charge in [-0.15, -0.1) is 0 Å². The molecule has 1 aromatic heterocycles. The second-order valence-corrected chi connectivity index (χ2v) is 4.70. The molecule has 0 spiro atoms. The zero-order chi connectivity index (χ0) is 16.6. The summed E-state index contributed by atoms with van der Waals surface area (Å²) in [4.78, 5) is 24.1. The Hall–Kier alpha value is -3.03. The standard InChI is InChI=1S/C15H9F3N2O3/c16-15(17,18)9-3-1-4-10(7-9)20-14(22)12(13(21)19-20)8-11-5-2-6-23-11/h1-8H,(H,19,21). The second kappa shape index (κ2) is 5.31. The van der Waals surface area contributed by atoms with Gasteiger partial charge in [-0.25, -0.2) is 5.01 Å². The van der Waals surface area contributed by atoms with Gasteiger partial charge < -0.3 is 4.42 Å². The molecule has 0 atom stereocenters. The Labute approximate surface area is 128 Å². The molecule has 5 nitrogen and oxygen atoms in total. The van der Waals surface area contributed by atoms with Gasteiger partial charge in [0.1, 0.15) is 11.3 Å². The zero-order valence-corrected chi connectivity index (χ0v) is 11.4. The van der Waals surface area contributed by atoms with Crippen LogP contribution >= 0.6 is 0 Å². The third-order valence-corrected chi connectivity index (χ3v) is 3.15. The molecule has 0 unspecified atom stereocenters. The van der Waals surface area contributed by atoms with E-state index in [2.05, 4.69) is 5.43 Å². The lowest BCUT2D eigenvalue weighted by Crippen LogP contribution is -2.35. The van der Waals surface area contributed by atoms with E-state index in [1.54, 1.807) is 12.1 Å². The van der Waals surface area contributed by atoms with Crippen LogP contribution in [0.2, 0.25) is 0 Å². The van der Waals surface area contributed by atoms with E-state index in [9.17, 15) is 22.8 Å². The number of rotatable bonds is 2. The molecule has 0 bridgehead atoms. The van der Waals surface area contributed by atoms with Gasteiger partial charge in [0, 0.05) is 0 Å². The van der Waals surface area contributed by atoms with Gasteiger partial charge in [0.05, 0.1) is 17.5 Å². The summed E-state index contributed by atoms with van der Waals surface area (Å²) < 4.78 is 43.2. The number of hydrogen-bond donors (Lipinski definition) is 1. The Bertz CT molecular complexity index is 795. The molecule has 8 heteroatoms. The monoisotopic (exact) mass is 322 g/mol. The number of carbonyl (C=O) groups excluding carboxylic acids is 2. The Kier molecular flexibility index (Phi) is 3.44. The summed E-state index contributed by atoms with van der Waals surface area (Å²) in [5.41, 5.74) is 1.01. The number of furan rings is 1. The summed E-state index contributed by atoms with van der Waals surface area (Å²) in [6.07, 6.45) is -1.95. The first-order valence-electron chi connectivity index (χ1n) is 6.44. The van der Waals surface area contributed by atoms with Gasteiger partial charge in [0.2, 0.25) is 0 Å². The van der Waals surface area contributed by atoms with Crippen LogP contribution in [0.15, 0.2) is 52.7 Å². The lowest BCUT2D eigenvalue weighted by molar-refractivity contribution is -0.137. The Balaban J connectivity index is 1.94. The molecule has 0 saturated carbocycles. The first kappa shape index (κ1) is 14.9. The first-order valence-corrected chi connectivity index (χ1v) is 6.44. The average molecular weight is 322 g/mol. The van der Waals surface area contributed by atoms with Crippen LogP contribution in [0.3, 0.4) is 0 Å². The number of nitrogens with zero attached hydrogens (tertiary/aromatic N) is 1. The molecule has 1 aliphatic rings. The van der Waals surface area contributed by atoms with Crippen molar-refractivity contribution in [1.82, 2.24) is 5.43 Å². The Morgan fingerprint density at radius 1 is 1.13 bits per heavy atom. The van der Waals surface area contributed by atoms with Crippen molar-refractivity contribution >= 4 is 23.6 Å². The Morgan fingerprint density at radius 2 is 1.91 bits per heavy atom. The maximum atomic E-state index is 12.7. The highest BCUT2D eigenvalue weighted by Gasteiger charge is 2.36. The molecule has 1 N–H and O–H groups in total. The molecule has 0 aliphatic carbocycles. The van der Waals surface area contributed by atoms with Crippen LogP contribution in [0.4, 0.5) is 18.9 Å². The first-order chi connectivity index (χ1) is 10.9. The minimum absolute atomic E-state index is 0.0824. The van der Waals surface area contributed by atoms with E-state index in [4.69, 9.17) is 4.42 Å². The lowest BCUT2D eigenvalue weighted by atomic mass is 10.1. The molecule has 2 heterocycles. The van der Waals surface area contributed by atoms with Crippen molar-refractivity contribution in [3.8, 4) is 0 Å². The molecule has 1 aromatic carbocycles. The number of benzene rings is 1. The van der Waals surface area contributed by atoms with Gasteiger partial charge in [0.25, 0.3) is 11.8 Å². The molecular formula is C15H9F3N2O3. The highest BCUT2D eigenvalue weighted by Crippen LogP contribution is 2.32. The highest BCUT2D eigenvalue weighted by atomic mass is 19.4. The van der Waals surface area contributed by atoms with Gasteiger partial charge in [-0.2, -0.15) is 13.2 Å². The van der Waals surface area contributed by atoms with Gasteiger partial charge in [-0.1, -0.05) is 6.07 Å². The SMILES string of the molecule is O=C1NN(c2cccc(C(F)(F)F)c2)C(=O)C1=Cc1ccco1. The second-order valence-electron chi connectivity index (χ2n) is 4.70. The maximum absolute atomic E-state index is 12.7. The van der Waals surface area contributed by atoms with Crippen molar-refractivity contribution in [2.75, 3.05) is 5.01 Å². The van der Waals surface area contributed by atoms with E-state index in [1.807, 2.05) is 0 Å². The molecule has 1 aliphatic heterocycles. The van der Waals surface area contributed by atoms with Crippen LogP contribution in [0.1, 0.15) is 11.3 Å². The lowest BCUT2D eigenvalue weighted by Gasteiger charge is -2.16. The molecule has 23 heavy (non-hydrogen) atoms. The fourth-order valence-corrected chi connectivity index (χ4v) is 2.08. The van der Waals surface area contributed by atoms with Crippen LogP contribution in [-0.4, -0.2) is 11.8 Å². The summed E-state index contributed by atoms with van der Waals surface area (Å²) in [7, 11) is 0. The number of anilines is 1. The third kappa shape index (κ3) is 2.83. The van der Waals surface area contributed by atoms with Crippen LogP contribution in [0.5, 0.6) is 0 Å². The van der Waals surface area contributed by atoms with Gasteiger partial charge in [-0.3, -0.25) is 15.0 Å². The van der Waals surface area contributed by atoms with E-state index in [0.717, 1.165) is 23.2 Å². The van der Waals surface area contributed by atoms with Gasteiger partial charge >= 0.3 is 6.18 Å². The quantitative estimate of drug-likeness (QED) is 0.683. The van der Waals surface area contributed by atoms with Gasteiger partial charge in [-0.05, 0) is 36.4 Å². The van der Waals surface area contributed by atoms with Crippen molar-refractivity contribution in [2.45, 2.75) is 6.18 Å². The normalized spacial score (nSPS) is 17.0. The van der Waals surface area contributed by atoms with Crippen molar-refractivity contribution in [1.29, 1.82) is 0 Å². The molecule has 2 amide bonds. The summed E-state index contributed by atoms with van der Waals surface area (Å²) in [5.74, 6) is -1.19. The van der Waals surface area contributed by atoms with E-state index < -0.39 is 23.6 Å². The number of halogens is 3. The van der Waals surface area contributed by atoms with E-state index >= 15 is 0 Å². The molecule has 0 radical (unpaired) electrons. The third-order valence-electron chi connectivity index (χ3n) is 3.15. The minimum atomic E-state index is -4.55. The number of carbonyl (C=O) groups is 2. The largest absolute Gasteiger partial charge is 0.465 e. The summed E-state index contributed by atoms with van der Waals surface area (Å²) in [6.45, 7) is 0. The van der Waals surface area contributed by atoms with Crippen molar-refractivity contribution in [2.24, 2.45) is 0 Å². The highest BCUT2D eigenvalue weighted by molar-refractivity contribution is 6.31. The van der Waals surface area contributed by atoms with Crippen LogP contribution in [0.25, 0.3) is 6.08 Å². The number of amides is 2. The van der Waals surface area contributed by atoms with E-state index in [0.29, 0.717) is 0 Å². The predicted octanol–water partition coefficient (Wildman–Crippen LogP) is 2.76. The van der Waals surface area contributed by atoms with Crippen LogP contribution < -0.4 is 10.4 Å². The van der Waals surface area contributed by atoms with E-state index in [-0.39, 0.29) is 17.0 Å². The molecule has 2 aromatic rings. The van der Waals surface area contributed by atoms with Crippen LogP contribution in [-0.2, 0) is 15.8 Å².